The molecule has 0 radical (unpaired) electrons. The second kappa shape index (κ2) is 10.8. The fourth-order valence-corrected chi connectivity index (χ4v) is 4.90. The van der Waals surface area contributed by atoms with Gasteiger partial charge >= 0.3 is 0 Å². The molecule has 2 aliphatic rings. The summed E-state index contributed by atoms with van der Waals surface area (Å²) in [5.74, 6) is 1.35. The number of ether oxygens (including phenoxy) is 2. The van der Waals surface area contributed by atoms with Gasteiger partial charge in [0.25, 0.3) is 5.69 Å². The number of hydrogen-bond acceptors (Lipinski definition) is 6. The van der Waals surface area contributed by atoms with E-state index in [1.165, 1.54) is 5.56 Å². The van der Waals surface area contributed by atoms with Crippen LogP contribution in [0.15, 0.2) is 42.5 Å². The Hall–Kier alpha value is -2.64. The predicted octanol–water partition coefficient (Wildman–Crippen LogP) is 4.25. The summed E-state index contributed by atoms with van der Waals surface area (Å²) in [6.07, 6.45) is 3.77. The molecule has 172 valence electrons. The lowest BCUT2D eigenvalue weighted by molar-refractivity contribution is -0.384. The Morgan fingerprint density at radius 1 is 1.09 bits per heavy atom. The summed E-state index contributed by atoms with van der Waals surface area (Å²) in [5.41, 5.74) is 3.24. The second-order valence-electron chi connectivity index (χ2n) is 8.64. The highest BCUT2D eigenvalue weighted by molar-refractivity contribution is 5.64. The highest BCUT2D eigenvalue weighted by Crippen LogP contribution is 2.38. The van der Waals surface area contributed by atoms with Crippen molar-refractivity contribution in [1.29, 1.82) is 0 Å². The average molecular weight is 440 g/mol. The number of anilines is 1. The molecule has 2 saturated heterocycles. The van der Waals surface area contributed by atoms with Crippen LogP contribution in [0, 0.1) is 10.1 Å². The number of benzene rings is 2. The first kappa shape index (κ1) is 22.6. The quantitative estimate of drug-likeness (QED) is 0.452. The lowest BCUT2D eigenvalue weighted by atomic mass is 9.88. The van der Waals surface area contributed by atoms with Gasteiger partial charge in [-0.05, 0) is 61.4 Å². The molecule has 0 saturated carbocycles. The van der Waals surface area contributed by atoms with Crippen LogP contribution in [0.1, 0.15) is 36.3 Å². The van der Waals surface area contributed by atoms with Crippen LogP contribution >= 0.6 is 0 Å². The summed E-state index contributed by atoms with van der Waals surface area (Å²) >= 11 is 0. The molecule has 7 nitrogen and oxygen atoms in total. The Balaban J connectivity index is 1.38. The molecule has 0 atom stereocenters. The van der Waals surface area contributed by atoms with E-state index in [1.807, 2.05) is 24.3 Å². The lowest BCUT2D eigenvalue weighted by Crippen LogP contribution is -2.36. The Morgan fingerprint density at radius 3 is 2.56 bits per heavy atom. The number of rotatable bonds is 8. The maximum absolute atomic E-state index is 11.8. The molecule has 0 N–H and O–H groups in total. The van der Waals surface area contributed by atoms with Gasteiger partial charge in [-0.25, -0.2) is 0 Å². The number of nitro benzene ring substituents is 1. The van der Waals surface area contributed by atoms with Gasteiger partial charge in [0.15, 0.2) is 0 Å². The summed E-state index contributed by atoms with van der Waals surface area (Å²) in [5, 5.41) is 11.8. The van der Waals surface area contributed by atoms with Gasteiger partial charge in [-0.3, -0.25) is 15.0 Å². The van der Waals surface area contributed by atoms with Crippen molar-refractivity contribution in [1.82, 2.24) is 4.90 Å². The van der Waals surface area contributed by atoms with Crippen molar-refractivity contribution in [2.24, 2.45) is 0 Å². The molecular weight excluding hydrogens is 406 g/mol. The first-order valence-corrected chi connectivity index (χ1v) is 11.6. The van der Waals surface area contributed by atoms with E-state index in [9.17, 15) is 10.1 Å². The number of nitro groups is 1. The van der Waals surface area contributed by atoms with E-state index in [0.29, 0.717) is 5.92 Å². The van der Waals surface area contributed by atoms with E-state index in [0.717, 1.165) is 88.6 Å². The Kier molecular flexibility index (Phi) is 7.60. The molecule has 2 aromatic carbocycles. The zero-order chi connectivity index (χ0) is 22.3. The molecule has 2 fully saturated rings. The van der Waals surface area contributed by atoms with Gasteiger partial charge in [-0.2, -0.15) is 0 Å². The van der Waals surface area contributed by atoms with Crippen molar-refractivity contribution in [3.63, 3.8) is 0 Å². The van der Waals surface area contributed by atoms with Crippen LogP contribution in [0.25, 0.3) is 0 Å². The van der Waals surface area contributed by atoms with Crippen LogP contribution in [0.3, 0.4) is 0 Å². The lowest BCUT2D eigenvalue weighted by Gasteiger charge is -2.34. The molecule has 7 heteroatoms. The Bertz CT molecular complexity index is 906. The summed E-state index contributed by atoms with van der Waals surface area (Å²) in [6, 6.07) is 14.0. The highest BCUT2D eigenvalue weighted by Gasteiger charge is 2.27. The van der Waals surface area contributed by atoms with Gasteiger partial charge in [0.05, 0.1) is 25.2 Å². The maximum atomic E-state index is 11.8. The highest BCUT2D eigenvalue weighted by atomic mass is 16.6. The summed E-state index contributed by atoms with van der Waals surface area (Å²) in [4.78, 5) is 16.2. The second-order valence-corrected chi connectivity index (χ2v) is 8.64. The van der Waals surface area contributed by atoms with Crippen molar-refractivity contribution in [3.8, 4) is 5.75 Å². The minimum atomic E-state index is -0.229. The molecule has 2 aromatic rings. The fraction of sp³-hybridized carbons (Fsp3) is 0.520. The first-order valence-electron chi connectivity index (χ1n) is 11.6. The van der Waals surface area contributed by atoms with Gasteiger partial charge in [0.2, 0.25) is 0 Å². The van der Waals surface area contributed by atoms with Crippen molar-refractivity contribution >= 4 is 11.4 Å². The molecule has 0 unspecified atom stereocenters. The largest absolute Gasteiger partial charge is 0.496 e. The number of nitrogens with zero attached hydrogens (tertiary/aromatic N) is 3. The monoisotopic (exact) mass is 439 g/mol. The molecule has 0 spiro atoms. The van der Waals surface area contributed by atoms with Crippen molar-refractivity contribution in [2.75, 3.05) is 57.9 Å². The van der Waals surface area contributed by atoms with Gasteiger partial charge in [0, 0.05) is 32.2 Å². The number of morpholine rings is 1. The number of para-hydroxylation sites is 1. The molecule has 4 rings (SSSR count). The van der Waals surface area contributed by atoms with E-state index in [-0.39, 0.29) is 10.6 Å². The number of hydrogen-bond donors (Lipinski definition) is 0. The molecular formula is C25H33N3O4. The zero-order valence-corrected chi connectivity index (χ0v) is 18.9. The molecule has 0 amide bonds. The van der Waals surface area contributed by atoms with E-state index in [2.05, 4.69) is 21.9 Å². The average Bonchev–Trinajstić information content (AvgIpc) is 2.85. The normalized spacial score (nSPS) is 18.0. The third kappa shape index (κ3) is 5.40. The van der Waals surface area contributed by atoms with Gasteiger partial charge in [0.1, 0.15) is 11.4 Å². The third-order valence-electron chi connectivity index (χ3n) is 6.69. The minimum Gasteiger partial charge on any atom is -0.496 e. The minimum absolute atomic E-state index is 0.226. The van der Waals surface area contributed by atoms with Gasteiger partial charge in [-0.1, -0.05) is 24.3 Å². The topological polar surface area (TPSA) is 68.1 Å². The van der Waals surface area contributed by atoms with E-state index < -0.39 is 0 Å². The van der Waals surface area contributed by atoms with Crippen LogP contribution in [0.2, 0.25) is 0 Å². The van der Waals surface area contributed by atoms with Crippen molar-refractivity contribution in [3.05, 3.63) is 63.7 Å². The summed E-state index contributed by atoms with van der Waals surface area (Å²) in [6.45, 7) is 6.17. The molecule has 0 aromatic heterocycles. The van der Waals surface area contributed by atoms with Crippen LogP contribution in [-0.4, -0.2) is 62.9 Å². The zero-order valence-electron chi connectivity index (χ0n) is 18.9. The standard InChI is InChI=1S/C25H33N3O4/c1-31-25-7-3-2-6-22(25)21-10-13-27(14-11-21)23-9-8-20(19-24(23)28(29)30)5-4-12-26-15-17-32-18-16-26/h2-3,6-9,19,21H,4-5,10-18H2,1H3. The Labute approximate surface area is 190 Å². The summed E-state index contributed by atoms with van der Waals surface area (Å²) in [7, 11) is 1.71. The summed E-state index contributed by atoms with van der Waals surface area (Å²) < 4.78 is 10.9. The SMILES string of the molecule is COc1ccccc1C1CCN(c2ccc(CCCN3CCOCC3)cc2[N+](=O)[O-])CC1. The van der Waals surface area contributed by atoms with Crippen LogP contribution in [0.5, 0.6) is 5.75 Å². The van der Waals surface area contributed by atoms with Crippen molar-refractivity contribution in [2.45, 2.75) is 31.6 Å². The fourth-order valence-electron chi connectivity index (χ4n) is 4.90. The number of piperidine rings is 1. The van der Waals surface area contributed by atoms with Crippen molar-refractivity contribution < 1.29 is 14.4 Å². The number of aryl methyl sites for hydroxylation is 1. The van der Waals surface area contributed by atoms with Gasteiger partial charge < -0.3 is 14.4 Å². The smallest absolute Gasteiger partial charge is 0.292 e. The Morgan fingerprint density at radius 2 is 1.84 bits per heavy atom. The molecule has 2 heterocycles. The molecule has 32 heavy (non-hydrogen) atoms. The first-order chi connectivity index (χ1) is 15.7. The maximum Gasteiger partial charge on any atom is 0.292 e. The predicted molar refractivity (Wildman–Crippen MR) is 126 cm³/mol. The van der Waals surface area contributed by atoms with Crippen LogP contribution in [0.4, 0.5) is 11.4 Å². The van der Waals surface area contributed by atoms with E-state index >= 15 is 0 Å². The number of methoxy groups -OCH3 is 1. The van der Waals surface area contributed by atoms with Crippen LogP contribution in [-0.2, 0) is 11.2 Å². The molecule has 2 aliphatic heterocycles. The van der Waals surface area contributed by atoms with E-state index in [1.54, 1.807) is 13.2 Å². The third-order valence-corrected chi connectivity index (χ3v) is 6.69. The van der Waals surface area contributed by atoms with Gasteiger partial charge in [-0.15, -0.1) is 0 Å². The molecule has 0 aliphatic carbocycles. The van der Waals surface area contributed by atoms with E-state index in [4.69, 9.17) is 9.47 Å². The molecule has 0 bridgehead atoms. The van der Waals surface area contributed by atoms with Crippen LogP contribution < -0.4 is 9.64 Å².